The molecule has 0 aliphatic heterocycles. The highest BCUT2D eigenvalue weighted by molar-refractivity contribution is 5.94. The molecule has 2 aromatic rings. The van der Waals surface area contributed by atoms with Gasteiger partial charge >= 0.3 is 6.18 Å². The molecular formula is C18H16F4N2O2. The minimum absolute atomic E-state index is 0.204. The summed E-state index contributed by atoms with van der Waals surface area (Å²) in [6.45, 7) is -0.283. The maximum absolute atomic E-state index is 12.8. The molecule has 26 heavy (non-hydrogen) atoms. The zero-order valence-electron chi connectivity index (χ0n) is 13.8. The number of nitrogens with one attached hydrogen (secondary N) is 1. The molecule has 0 unspecified atom stereocenters. The third-order valence-corrected chi connectivity index (χ3v) is 3.54. The molecule has 8 heteroatoms. The minimum Gasteiger partial charge on any atom is -0.336 e. The minimum atomic E-state index is -4.49. The molecule has 0 spiro atoms. The second-order valence-corrected chi connectivity index (χ2v) is 5.68. The summed E-state index contributed by atoms with van der Waals surface area (Å²) in [5.41, 5.74) is -0.259. The fourth-order valence-electron chi connectivity index (χ4n) is 2.20. The van der Waals surface area contributed by atoms with Crippen LogP contribution in [-0.2, 0) is 22.2 Å². The van der Waals surface area contributed by atoms with E-state index in [1.54, 1.807) is 0 Å². The molecule has 138 valence electrons. The number of anilines is 1. The van der Waals surface area contributed by atoms with E-state index in [1.165, 1.54) is 43.4 Å². The lowest BCUT2D eigenvalue weighted by Crippen LogP contribution is -2.35. The fraction of sp³-hybridized carbons (Fsp3) is 0.222. The number of hydrogen-bond acceptors (Lipinski definition) is 2. The van der Waals surface area contributed by atoms with Gasteiger partial charge in [-0.05, 0) is 35.9 Å². The summed E-state index contributed by atoms with van der Waals surface area (Å²) in [4.78, 5) is 25.1. The van der Waals surface area contributed by atoms with Gasteiger partial charge in [0, 0.05) is 12.7 Å². The number of carbonyl (C=O) groups excluding carboxylic acids is 2. The Balaban J connectivity index is 1.93. The normalized spacial score (nSPS) is 11.1. The highest BCUT2D eigenvalue weighted by Crippen LogP contribution is 2.29. The van der Waals surface area contributed by atoms with Crippen LogP contribution in [0.2, 0.25) is 0 Å². The lowest BCUT2D eigenvalue weighted by atomic mass is 10.1. The van der Waals surface area contributed by atoms with Gasteiger partial charge in [-0.1, -0.05) is 18.2 Å². The van der Waals surface area contributed by atoms with Crippen molar-refractivity contribution in [1.29, 1.82) is 0 Å². The number of carbonyl (C=O) groups is 2. The molecule has 0 fully saturated rings. The molecule has 2 amide bonds. The molecule has 0 atom stereocenters. The summed E-state index contributed by atoms with van der Waals surface area (Å²) in [7, 11) is 1.38. The van der Waals surface area contributed by atoms with Gasteiger partial charge in [-0.15, -0.1) is 0 Å². The second-order valence-electron chi connectivity index (χ2n) is 5.68. The van der Waals surface area contributed by atoms with Gasteiger partial charge in [-0.25, -0.2) is 4.39 Å². The maximum Gasteiger partial charge on any atom is 0.416 e. The number of halogens is 4. The van der Waals surface area contributed by atoms with Crippen LogP contribution in [0.25, 0.3) is 0 Å². The van der Waals surface area contributed by atoms with Crippen LogP contribution in [0.1, 0.15) is 11.1 Å². The molecule has 0 aliphatic rings. The molecule has 4 nitrogen and oxygen atoms in total. The third kappa shape index (κ3) is 5.58. The Morgan fingerprint density at radius 1 is 1.08 bits per heavy atom. The van der Waals surface area contributed by atoms with E-state index in [1.807, 2.05) is 0 Å². The first kappa shape index (κ1) is 19.4. The molecule has 0 saturated heterocycles. The van der Waals surface area contributed by atoms with Gasteiger partial charge in [0.15, 0.2) is 0 Å². The van der Waals surface area contributed by atoms with Crippen molar-refractivity contribution in [2.45, 2.75) is 12.6 Å². The number of likely N-dealkylation sites (N-methyl/N-ethyl adjacent to an activating group) is 1. The van der Waals surface area contributed by atoms with Crippen molar-refractivity contribution >= 4 is 17.5 Å². The van der Waals surface area contributed by atoms with E-state index < -0.39 is 29.4 Å². The number of benzene rings is 2. The first-order valence-corrected chi connectivity index (χ1v) is 7.60. The number of hydrogen-bond donors (Lipinski definition) is 1. The van der Waals surface area contributed by atoms with Crippen LogP contribution in [0, 0.1) is 5.82 Å². The molecule has 0 radical (unpaired) electrons. The summed E-state index contributed by atoms with van der Waals surface area (Å²) in [5.74, 6) is -1.45. The number of rotatable bonds is 5. The molecule has 0 aromatic heterocycles. The Morgan fingerprint density at radius 3 is 2.35 bits per heavy atom. The molecule has 0 aliphatic carbocycles. The van der Waals surface area contributed by atoms with Crippen molar-refractivity contribution in [2.75, 3.05) is 18.9 Å². The molecule has 2 rings (SSSR count). The van der Waals surface area contributed by atoms with E-state index in [0.717, 1.165) is 17.0 Å². The van der Waals surface area contributed by atoms with Gasteiger partial charge in [0.05, 0.1) is 18.5 Å². The van der Waals surface area contributed by atoms with Crippen molar-refractivity contribution in [3.63, 3.8) is 0 Å². The van der Waals surface area contributed by atoms with Crippen LogP contribution in [-0.4, -0.2) is 30.3 Å². The molecular weight excluding hydrogens is 352 g/mol. The average molecular weight is 368 g/mol. The Kier molecular flexibility index (Phi) is 5.97. The van der Waals surface area contributed by atoms with Gasteiger partial charge in [0.25, 0.3) is 0 Å². The fourth-order valence-corrected chi connectivity index (χ4v) is 2.20. The number of alkyl halides is 3. The highest BCUT2D eigenvalue weighted by Gasteiger charge is 2.30. The van der Waals surface area contributed by atoms with Gasteiger partial charge in [-0.2, -0.15) is 13.2 Å². The van der Waals surface area contributed by atoms with Crippen LogP contribution < -0.4 is 5.32 Å². The quantitative estimate of drug-likeness (QED) is 0.822. The first-order valence-electron chi connectivity index (χ1n) is 7.60. The standard InChI is InChI=1S/C18H16F4N2O2/c1-24(11-16(25)23-15-7-5-14(19)6-8-15)17(26)10-12-3-2-4-13(9-12)18(20,21)22/h2-9H,10-11H2,1H3,(H,23,25). The summed E-state index contributed by atoms with van der Waals surface area (Å²) in [5, 5.41) is 2.50. The highest BCUT2D eigenvalue weighted by atomic mass is 19.4. The van der Waals surface area contributed by atoms with Crippen molar-refractivity contribution in [1.82, 2.24) is 4.90 Å². The van der Waals surface area contributed by atoms with Crippen LogP contribution >= 0.6 is 0 Å². The van der Waals surface area contributed by atoms with E-state index in [2.05, 4.69) is 5.32 Å². The zero-order chi connectivity index (χ0) is 19.3. The van der Waals surface area contributed by atoms with Gasteiger partial charge in [-0.3, -0.25) is 9.59 Å². The first-order chi connectivity index (χ1) is 12.1. The molecule has 0 saturated carbocycles. The van der Waals surface area contributed by atoms with Crippen molar-refractivity contribution in [3.8, 4) is 0 Å². The Morgan fingerprint density at radius 2 is 1.73 bits per heavy atom. The predicted molar refractivity (Wildman–Crippen MR) is 87.8 cm³/mol. The smallest absolute Gasteiger partial charge is 0.336 e. The Hall–Kier alpha value is -2.90. The molecule has 2 aromatic carbocycles. The van der Waals surface area contributed by atoms with Crippen molar-refractivity contribution in [3.05, 3.63) is 65.5 Å². The second kappa shape index (κ2) is 7.99. The lowest BCUT2D eigenvalue weighted by molar-refractivity contribution is -0.137. The van der Waals surface area contributed by atoms with E-state index in [0.29, 0.717) is 5.69 Å². The predicted octanol–water partition coefficient (Wildman–Crippen LogP) is 3.48. The van der Waals surface area contributed by atoms with E-state index >= 15 is 0 Å². The van der Waals surface area contributed by atoms with Gasteiger partial charge in [0.2, 0.25) is 11.8 Å². The largest absolute Gasteiger partial charge is 0.416 e. The van der Waals surface area contributed by atoms with Crippen molar-refractivity contribution in [2.24, 2.45) is 0 Å². The summed E-state index contributed by atoms with van der Waals surface area (Å²) >= 11 is 0. The molecule has 1 N–H and O–H groups in total. The monoisotopic (exact) mass is 368 g/mol. The number of amides is 2. The van der Waals surface area contributed by atoms with Crippen LogP contribution in [0.3, 0.4) is 0 Å². The van der Waals surface area contributed by atoms with E-state index in [9.17, 15) is 27.2 Å². The zero-order valence-corrected chi connectivity index (χ0v) is 13.8. The molecule has 0 bridgehead atoms. The van der Waals surface area contributed by atoms with E-state index in [-0.39, 0.29) is 18.5 Å². The Bertz CT molecular complexity index is 789. The topological polar surface area (TPSA) is 49.4 Å². The summed E-state index contributed by atoms with van der Waals surface area (Å²) in [6.07, 6.45) is -4.75. The van der Waals surface area contributed by atoms with Crippen molar-refractivity contribution < 1.29 is 27.2 Å². The number of nitrogens with zero attached hydrogens (tertiary/aromatic N) is 1. The van der Waals surface area contributed by atoms with Crippen LogP contribution in [0.4, 0.5) is 23.2 Å². The summed E-state index contributed by atoms with van der Waals surface area (Å²) in [6, 6.07) is 9.58. The third-order valence-electron chi connectivity index (χ3n) is 3.54. The maximum atomic E-state index is 12.8. The average Bonchev–Trinajstić information content (AvgIpc) is 2.56. The van der Waals surface area contributed by atoms with E-state index in [4.69, 9.17) is 0 Å². The lowest BCUT2D eigenvalue weighted by Gasteiger charge is -2.17. The molecule has 0 heterocycles. The Labute approximate surface area is 147 Å². The SMILES string of the molecule is CN(CC(=O)Nc1ccc(F)cc1)C(=O)Cc1cccc(C(F)(F)F)c1. The van der Waals surface area contributed by atoms with Gasteiger partial charge < -0.3 is 10.2 Å². The van der Waals surface area contributed by atoms with Crippen LogP contribution in [0.15, 0.2) is 48.5 Å². The van der Waals surface area contributed by atoms with Gasteiger partial charge in [0.1, 0.15) is 5.82 Å². The summed E-state index contributed by atoms with van der Waals surface area (Å²) < 4.78 is 50.9. The van der Waals surface area contributed by atoms with Crippen LogP contribution in [0.5, 0.6) is 0 Å².